The quantitative estimate of drug-likeness (QED) is 0.816. The Balaban J connectivity index is 1.44. The molecule has 1 unspecified atom stereocenters. The number of nitrogens with one attached hydrogen (secondary N) is 1. The molecule has 0 saturated carbocycles. The minimum absolute atomic E-state index is 0.0337. The molecular weight excluding hydrogens is 360 g/mol. The lowest BCUT2D eigenvalue weighted by molar-refractivity contribution is -0.113. The van der Waals surface area contributed by atoms with Crippen molar-refractivity contribution in [1.29, 1.82) is 0 Å². The van der Waals surface area contributed by atoms with Gasteiger partial charge in [-0.05, 0) is 25.1 Å². The summed E-state index contributed by atoms with van der Waals surface area (Å²) in [6.07, 6.45) is 2.72. The van der Waals surface area contributed by atoms with Crippen molar-refractivity contribution in [1.82, 2.24) is 5.01 Å². The second-order valence-corrected chi connectivity index (χ2v) is 7.26. The predicted octanol–water partition coefficient (Wildman–Crippen LogP) is 3.99. The molecule has 0 bridgehead atoms. The summed E-state index contributed by atoms with van der Waals surface area (Å²) in [7, 11) is 0. The largest absolute Gasteiger partial charge is 0.325 e. The summed E-state index contributed by atoms with van der Waals surface area (Å²) in [6, 6.07) is 15.1. The van der Waals surface area contributed by atoms with E-state index >= 15 is 0 Å². The maximum absolute atomic E-state index is 12.3. The van der Waals surface area contributed by atoms with Crippen LogP contribution in [0, 0.1) is 0 Å². The molecule has 0 aliphatic carbocycles. The van der Waals surface area contributed by atoms with Gasteiger partial charge in [-0.25, -0.2) is 10.0 Å². The number of carbonyl (C=O) groups is 2. The van der Waals surface area contributed by atoms with Crippen molar-refractivity contribution >= 4 is 46.2 Å². The van der Waals surface area contributed by atoms with E-state index in [1.54, 1.807) is 24.3 Å². The van der Waals surface area contributed by atoms with Crippen LogP contribution in [0.15, 0.2) is 58.6 Å². The van der Waals surface area contributed by atoms with E-state index in [2.05, 4.69) is 21.5 Å². The molecule has 0 radical (unpaired) electrons. The minimum atomic E-state index is -0.151. The molecule has 1 amide bonds. The molecule has 2 aromatic carbocycles. The molecule has 2 aliphatic heterocycles. The number of thioether (sulfide) groups is 1. The number of anilines is 1. The molecule has 2 aromatic rings. The molecule has 1 N–H and O–H groups in total. The van der Waals surface area contributed by atoms with Gasteiger partial charge in [0.2, 0.25) is 5.91 Å². The number of nitrogens with zero attached hydrogens (tertiary/aromatic N) is 3. The van der Waals surface area contributed by atoms with E-state index in [1.165, 1.54) is 18.7 Å². The normalized spacial score (nSPS) is 17.1. The molecule has 4 rings (SSSR count). The lowest BCUT2D eigenvalue weighted by Crippen LogP contribution is -2.29. The average molecular weight is 378 g/mol. The fourth-order valence-electron chi connectivity index (χ4n) is 3.12. The van der Waals surface area contributed by atoms with Crippen LogP contribution in [-0.2, 0) is 4.79 Å². The molecule has 0 fully saturated rings. The highest BCUT2D eigenvalue weighted by Gasteiger charge is 2.32. The third-order valence-electron chi connectivity index (χ3n) is 4.42. The van der Waals surface area contributed by atoms with E-state index in [0.29, 0.717) is 11.3 Å². The van der Waals surface area contributed by atoms with Gasteiger partial charge in [-0.2, -0.15) is 5.10 Å². The van der Waals surface area contributed by atoms with E-state index in [-0.39, 0.29) is 23.5 Å². The van der Waals surface area contributed by atoms with Crippen LogP contribution < -0.4 is 5.32 Å². The van der Waals surface area contributed by atoms with Crippen LogP contribution in [0.2, 0.25) is 0 Å². The van der Waals surface area contributed by atoms with Crippen LogP contribution >= 0.6 is 11.8 Å². The third kappa shape index (κ3) is 3.64. The molecule has 7 heteroatoms. The van der Waals surface area contributed by atoms with Crippen molar-refractivity contribution in [2.24, 2.45) is 10.1 Å². The Bertz CT molecular complexity index is 970. The molecule has 27 heavy (non-hydrogen) atoms. The van der Waals surface area contributed by atoms with Crippen LogP contribution in [-0.4, -0.2) is 33.8 Å². The molecule has 0 aromatic heterocycles. The van der Waals surface area contributed by atoms with Crippen LogP contribution in [0.5, 0.6) is 0 Å². The number of hydrogen-bond acceptors (Lipinski definition) is 6. The topological polar surface area (TPSA) is 74.1 Å². The van der Waals surface area contributed by atoms with Crippen molar-refractivity contribution < 1.29 is 9.59 Å². The molecule has 2 heterocycles. The number of carbonyl (C=O) groups excluding carboxylic acids is 2. The molecule has 6 nitrogen and oxygen atoms in total. The SMILES string of the molecule is CC(=O)c1cccc(NC(=O)CSC2=Nc3ccccc3C3CC=NN23)c1. The van der Waals surface area contributed by atoms with E-state index in [1.807, 2.05) is 29.4 Å². The Morgan fingerprint density at radius 3 is 2.93 bits per heavy atom. The van der Waals surface area contributed by atoms with Gasteiger partial charge < -0.3 is 5.32 Å². The minimum Gasteiger partial charge on any atom is -0.325 e. The van der Waals surface area contributed by atoms with Crippen LogP contribution in [0.25, 0.3) is 0 Å². The highest BCUT2D eigenvalue weighted by molar-refractivity contribution is 8.14. The molecule has 0 saturated heterocycles. The number of amides is 1. The van der Waals surface area contributed by atoms with E-state index in [4.69, 9.17) is 0 Å². The first-order valence-corrected chi connectivity index (χ1v) is 9.63. The van der Waals surface area contributed by atoms with E-state index in [9.17, 15) is 9.59 Å². The number of benzene rings is 2. The number of amidine groups is 1. The van der Waals surface area contributed by atoms with Crippen LogP contribution in [0.4, 0.5) is 11.4 Å². The van der Waals surface area contributed by atoms with Gasteiger partial charge in [0.25, 0.3) is 0 Å². The monoisotopic (exact) mass is 378 g/mol. The molecule has 136 valence electrons. The van der Waals surface area contributed by atoms with Gasteiger partial charge in [-0.3, -0.25) is 9.59 Å². The Morgan fingerprint density at radius 1 is 1.22 bits per heavy atom. The van der Waals surface area contributed by atoms with Crippen molar-refractivity contribution in [2.75, 3.05) is 11.1 Å². The van der Waals surface area contributed by atoms with Gasteiger partial charge in [-0.1, -0.05) is 42.1 Å². The lowest BCUT2D eigenvalue weighted by atomic mass is 10.0. The summed E-state index contributed by atoms with van der Waals surface area (Å²) in [6.45, 7) is 1.50. The van der Waals surface area contributed by atoms with E-state index < -0.39 is 0 Å². The van der Waals surface area contributed by atoms with Crippen molar-refractivity contribution in [2.45, 2.75) is 19.4 Å². The number of Topliss-reactive ketones (excluding diaryl/α,β-unsaturated/α-hetero) is 1. The first kappa shape index (κ1) is 17.5. The summed E-state index contributed by atoms with van der Waals surface area (Å²) in [5, 5.41) is 9.86. The number of hydrogen-bond donors (Lipinski definition) is 1. The maximum atomic E-state index is 12.3. The molecule has 2 aliphatic rings. The third-order valence-corrected chi connectivity index (χ3v) is 5.37. The zero-order chi connectivity index (χ0) is 18.8. The smallest absolute Gasteiger partial charge is 0.234 e. The fraction of sp³-hybridized carbons (Fsp3) is 0.200. The Hall–Kier alpha value is -2.93. The summed E-state index contributed by atoms with van der Waals surface area (Å²) < 4.78 is 0. The molecule has 0 spiro atoms. The van der Waals surface area contributed by atoms with E-state index in [0.717, 1.165) is 22.8 Å². The summed E-state index contributed by atoms with van der Waals surface area (Å²) in [5.41, 5.74) is 3.27. The molecule has 1 atom stereocenters. The van der Waals surface area contributed by atoms with Gasteiger partial charge in [-0.15, -0.1) is 0 Å². The van der Waals surface area contributed by atoms with Crippen molar-refractivity contribution in [3.05, 3.63) is 59.7 Å². The lowest BCUT2D eigenvalue weighted by Gasteiger charge is -2.29. The maximum Gasteiger partial charge on any atom is 0.234 e. The van der Waals surface area contributed by atoms with Gasteiger partial charge in [0.15, 0.2) is 11.0 Å². The summed E-state index contributed by atoms with van der Waals surface area (Å²) >= 11 is 1.36. The van der Waals surface area contributed by atoms with Gasteiger partial charge in [0, 0.05) is 29.4 Å². The highest BCUT2D eigenvalue weighted by Crippen LogP contribution is 2.40. The predicted molar refractivity (Wildman–Crippen MR) is 109 cm³/mol. The number of para-hydroxylation sites is 1. The number of hydrazone groups is 1. The first-order valence-electron chi connectivity index (χ1n) is 8.65. The number of rotatable bonds is 4. The number of aliphatic imine (C=N–C) groups is 1. The van der Waals surface area contributed by atoms with Gasteiger partial charge in [0.1, 0.15) is 0 Å². The Kier molecular flexibility index (Phi) is 4.77. The Labute approximate surface area is 161 Å². The Morgan fingerprint density at radius 2 is 2.07 bits per heavy atom. The summed E-state index contributed by atoms with van der Waals surface area (Å²) in [5.74, 6) is 0.0277. The fourth-order valence-corrected chi connectivity index (χ4v) is 3.93. The average Bonchev–Trinajstić information content (AvgIpc) is 3.16. The zero-order valence-corrected chi connectivity index (χ0v) is 15.6. The molecular formula is C20H18N4O2S. The van der Waals surface area contributed by atoms with Crippen molar-refractivity contribution in [3.8, 4) is 0 Å². The summed E-state index contributed by atoms with van der Waals surface area (Å²) in [4.78, 5) is 28.5. The van der Waals surface area contributed by atoms with Gasteiger partial charge in [0.05, 0.1) is 17.5 Å². The number of ketones is 1. The van der Waals surface area contributed by atoms with Crippen LogP contribution in [0.3, 0.4) is 0 Å². The highest BCUT2D eigenvalue weighted by atomic mass is 32.2. The second kappa shape index (κ2) is 7.36. The first-order chi connectivity index (χ1) is 13.1. The number of fused-ring (bicyclic) bond motifs is 3. The van der Waals surface area contributed by atoms with Crippen molar-refractivity contribution in [3.63, 3.8) is 0 Å². The second-order valence-electron chi connectivity index (χ2n) is 6.32. The zero-order valence-electron chi connectivity index (χ0n) is 14.8. The van der Waals surface area contributed by atoms with Crippen LogP contribution in [0.1, 0.15) is 35.3 Å². The standard InChI is InChI=1S/C20H18N4O2S/c1-13(25)14-5-4-6-15(11-14)22-19(26)12-27-20-23-17-8-3-2-7-16(17)18-9-10-21-24(18)20/h2-8,10-11,18H,9,12H2,1H3,(H,22,26). The van der Waals surface area contributed by atoms with Gasteiger partial charge >= 0.3 is 0 Å².